The summed E-state index contributed by atoms with van der Waals surface area (Å²) in [5, 5.41) is 12.0. The Kier molecular flexibility index (Phi) is 8.43. The summed E-state index contributed by atoms with van der Waals surface area (Å²) in [4.78, 5) is 21.3. The Labute approximate surface area is 236 Å². The minimum Gasteiger partial charge on any atom is -0.326 e. The van der Waals surface area contributed by atoms with E-state index in [-0.39, 0.29) is 23.0 Å². The molecule has 0 saturated carbocycles. The molecule has 0 atom stereocenters. The van der Waals surface area contributed by atoms with Gasteiger partial charge in [0.15, 0.2) is 0 Å². The van der Waals surface area contributed by atoms with Crippen LogP contribution in [-0.2, 0) is 14.8 Å². The zero-order valence-corrected chi connectivity index (χ0v) is 22.8. The second kappa shape index (κ2) is 12.5. The number of nitrogens with zero attached hydrogens (tertiary/aromatic N) is 4. The van der Waals surface area contributed by atoms with Crippen LogP contribution in [0, 0.1) is 0 Å². The van der Waals surface area contributed by atoms with Crippen LogP contribution >= 0.6 is 11.8 Å². The molecule has 0 aliphatic carbocycles. The number of pyridine rings is 1. The van der Waals surface area contributed by atoms with Crippen LogP contribution in [-0.4, -0.2) is 40.2 Å². The number of hydrogen-bond acceptors (Lipinski definition) is 8. The van der Waals surface area contributed by atoms with Gasteiger partial charge < -0.3 is 5.32 Å². The number of amides is 1. The van der Waals surface area contributed by atoms with Crippen molar-refractivity contribution in [2.24, 2.45) is 0 Å². The quantitative estimate of drug-likeness (QED) is 0.211. The lowest BCUT2D eigenvalue weighted by Gasteiger charge is -2.10. The van der Waals surface area contributed by atoms with Crippen molar-refractivity contribution in [1.29, 1.82) is 0 Å². The van der Waals surface area contributed by atoms with Crippen molar-refractivity contribution in [2.45, 2.75) is 16.5 Å². The first-order valence-electron chi connectivity index (χ1n) is 12.3. The third kappa shape index (κ3) is 6.87. The highest BCUT2D eigenvalue weighted by atomic mass is 32.2. The lowest BCUT2D eigenvalue weighted by molar-refractivity contribution is -0.115. The van der Waals surface area contributed by atoms with Gasteiger partial charge in [0, 0.05) is 35.2 Å². The average Bonchev–Trinajstić information content (AvgIpc) is 2.98. The summed E-state index contributed by atoms with van der Waals surface area (Å²) in [6, 6.07) is 30.4. The molecule has 1 amide bonds. The van der Waals surface area contributed by atoms with Crippen LogP contribution in [0.3, 0.4) is 0 Å². The molecule has 0 aliphatic heterocycles. The molecule has 2 N–H and O–H groups in total. The SMILES string of the molecule is O=C(CCSc1nnc(-c2ccccc2)c(-c2ccccc2)n1)Nc1ccc(S(=O)(=O)Nc2ccccn2)cc1. The Morgan fingerprint density at radius 3 is 2.05 bits per heavy atom. The second-order valence-corrected chi connectivity index (χ2v) is 11.3. The van der Waals surface area contributed by atoms with Crippen molar-refractivity contribution >= 4 is 39.2 Å². The van der Waals surface area contributed by atoms with Gasteiger partial charge in [-0.25, -0.2) is 18.4 Å². The molecule has 0 bridgehead atoms. The number of benzene rings is 3. The number of hydrogen-bond donors (Lipinski definition) is 2. The van der Waals surface area contributed by atoms with Gasteiger partial charge in [0.25, 0.3) is 10.0 Å². The first kappa shape index (κ1) is 27.0. The lowest BCUT2D eigenvalue weighted by Crippen LogP contribution is -2.15. The number of aromatic nitrogens is 4. The molecule has 2 heterocycles. The number of nitrogens with one attached hydrogen (secondary N) is 2. The van der Waals surface area contributed by atoms with Crippen LogP contribution in [0.15, 0.2) is 119 Å². The molecule has 11 heteroatoms. The van der Waals surface area contributed by atoms with Crippen molar-refractivity contribution in [3.63, 3.8) is 0 Å². The molecule has 0 unspecified atom stereocenters. The molecule has 0 radical (unpaired) electrons. The molecular formula is C29H24N6O3S2. The summed E-state index contributed by atoms with van der Waals surface area (Å²) < 4.78 is 27.6. The van der Waals surface area contributed by atoms with Crippen LogP contribution in [0.1, 0.15) is 6.42 Å². The fraction of sp³-hybridized carbons (Fsp3) is 0.0690. The predicted octanol–water partition coefficient (Wildman–Crippen LogP) is 5.52. The molecule has 9 nitrogen and oxygen atoms in total. The van der Waals surface area contributed by atoms with E-state index in [0.717, 1.165) is 16.8 Å². The van der Waals surface area contributed by atoms with Crippen LogP contribution < -0.4 is 10.0 Å². The fourth-order valence-electron chi connectivity index (χ4n) is 3.76. The summed E-state index contributed by atoms with van der Waals surface area (Å²) >= 11 is 1.34. The summed E-state index contributed by atoms with van der Waals surface area (Å²) in [6.45, 7) is 0. The Morgan fingerprint density at radius 2 is 1.40 bits per heavy atom. The summed E-state index contributed by atoms with van der Waals surface area (Å²) in [6.07, 6.45) is 1.70. The normalized spacial score (nSPS) is 11.1. The maximum atomic E-state index is 12.6. The third-order valence-electron chi connectivity index (χ3n) is 5.67. The molecule has 0 spiro atoms. The minimum atomic E-state index is -3.80. The van der Waals surface area contributed by atoms with Crippen molar-refractivity contribution < 1.29 is 13.2 Å². The van der Waals surface area contributed by atoms with Gasteiger partial charge >= 0.3 is 0 Å². The molecule has 200 valence electrons. The first-order chi connectivity index (χ1) is 19.5. The number of carbonyl (C=O) groups excluding carboxylic acids is 1. The van der Waals surface area contributed by atoms with Crippen LogP contribution in [0.2, 0.25) is 0 Å². The maximum absolute atomic E-state index is 12.6. The van der Waals surface area contributed by atoms with Crippen molar-refractivity contribution in [3.8, 4) is 22.5 Å². The van der Waals surface area contributed by atoms with E-state index < -0.39 is 10.0 Å². The monoisotopic (exact) mass is 568 g/mol. The third-order valence-corrected chi connectivity index (χ3v) is 7.88. The van der Waals surface area contributed by atoms with Crippen molar-refractivity contribution in [2.75, 3.05) is 15.8 Å². The van der Waals surface area contributed by atoms with Gasteiger partial charge in [-0.2, -0.15) is 0 Å². The van der Waals surface area contributed by atoms with E-state index in [1.165, 1.54) is 30.1 Å². The zero-order valence-electron chi connectivity index (χ0n) is 21.1. The van der Waals surface area contributed by atoms with Crippen LogP contribution in [0.5, 0.6) is 0 Å². The predicted molar refractivity (Wildman–Crippen MR) is 156 cm³/mol. The highest BCUT2D eigenvalue weighted by molar-refractivity contribution is 7.99. The van der Waals surface area contributed by atoms with Gasteiger partial charge in [0.2, 0.25) is 11.1 Å². The molecule has 5 aromatic rings. The highest BCUT2D eigenvalue weighted by Crippen LogP contribution is 2.29. The lowest BCUT2D eigenvalue weighted by atomic mass is 10.0. The Hall–Kier alpha value is -4.61. The molecule has 3 aromatic carbocycles. The van der Waals surface area contributed by atoms with Gasteiger partial charge in [0.05, 0.1) is 4.90 Å². The summed E-state index contributed by atoms with van der Waals surface area (Å²) in [5.41, 5.74) is 3.75. The van der Waals surface area contributed by atoms with E-state index in [9.17, 15) is 13.2 Å². The first-order valence-corrected chi connectivity index (χ1v) is 14.8. The van der Waals surface area contributed by atoms with E-state index in [2.05, 4.69) is 25.2 Å². The summed E-state index contributed by atoms with van der Waals surface area (Å²) in [7, 11) is -3.80. The zero-order chi connectivity index (χ0) is 27.8. The number of thioether (sulfide) groups is 1. The molecule has 5 rings (SSSR count). The number of sulfonamides is 1. The molecule has 2 aromatic heterocycles. The Morgan fingerprint density at radius 1 is 0.750 bits per heavy atom. The van der Waals surface area contributed by atoms with E-state index >= 15 is 0 Å². The van der Waals surface area contributed by atoms with E-state index in [0.29, 0.717) is 22.3 Å². The number of rotatable bonds is 10. The van der Waals surface area contributed by atoms with Crippen LogP contribution in [0.25, 0.3) is 22.5 Å². The highest BCUT2D eigenvalue weighted by Gasteiger charge is 2.16. The second-order valence-electron chi connectivity index (χ2n) is 8.52. The van der Waals surface area contributed by atoms with Gasteiger partial charge in [-0.15, -0.1) is 10.2 Å². The van der Waals surface area contributed by atoms with E-state index in [1.54, 1.807) is 30.3 Å². The van der Waals surface area contributed by atoms with E-state index in [1.807, 2.05) is 60.7 Å². The molecule has 40 heavy (non-hydrogen) atoms. The Balaban J connectivity index is 1.19. The number of anilines is 2. The number of carbonyl (C=O) groups is 1. The average molecular weight is 569 g/mol. The van der Waals surface area contributed by atoms with Gasteiger partial charge in [-0.05, 0) is 36.4 Å². The van der Waals surface area contributed by atoms with E-state index in [4.69, 9.17) is 4.98 Å². The summed E-state index contributed by atoms with van der Waals surface area (Å²) in [5.74, 6) is 0.446. The Bertz CT molecular complexity index is 1690. The van der Waals surface area contributed by atoms with Crippen LogP contribution in [0.4, 0.5) is 11.5 Å². The fourth-order valence-corrected chi connectivity index (χ4v) is 5.49. The maximum Gasteiger partial charge on any atom is 0.263 e. The molecule has 0 fully saturated rings. The van der Waals surface area contributed by atoms with Crippen molar-refractivity contribution in [1.82, 2.24) is 20.2 Å². The minimum absolute atomic E-state index is 0.0597. The smallest absolute Gasteiger partial charge is 0.263 e. The largest absolute Gasteiger partial charge is 0.326 e. The van der Waals surface area contributed by atoms with Crippen molar-refractivity contribution in [3.05, 3.63) is 109 Å². The standard InChI is InChI=1S/C29H24N6O3S2/c36-26(31-23-14-16-24(17-15-23)40(37,38)35-25-13-7-8-19-30-25)18-20-39-29-32-27(21-9-3-1-4-10-21)28(33-34-29)22-11-5-2-6-12-22/h1-17,19H,18,20H2,(H,30,35)(H,31,36). The van der Waals surface area contributed by atoms with Gasteiger partial charge in [0.1, 0.15) is 17.2 Å². The molecule has 0 saturated heterocycles. The van der Waals surface area contributed by atoms with Gasteiger partial charge in [-0.1, -0.05) is 78.5 Å². The van der Waals surface area contributed by atoms with Gasteiger partial charge in [-0.3, -0.25) is 9.52 Å². The molecule has 0 aliphatic rings. The molecular weight excluding hydrogens is 544 g/mol. The topological polar surface area (TPSA) is 127 Å².